The number of carbonyl (C=O) groups is 1. The normalized spacial score (nSPS) is 21.1. The van der Waals surface area contributed by atoms with E-state index in [0.717, 1.165) is 45.2 Å². The summed E-state index contributed by atoms with van der Waals surface area (Å²) in [5.41, 5.74) is 5.82. The number of unbranched alkanes of at least 4 members (excludes halogenated alkanes) is 2. The zero-order chi connectivity index (χ0) is 11.1. The molecule has 0 saturated carbocycles. The van der Waals surface area contributed by atoms with Crippen molar-refractivity contribution in [2.24, 2.45) is 5.73 Å². The van der Waals surface area contributed by atoms with Crippen molar-refractivity contribution in [2.45, 2.75) is 44.6 Å². The third kappa shape index (κ3) is 4.35. The predicted octanol–water partition coefficient (Wildman–Crippen LogP) is 1.13. The number of hydrogen-bond acceptors (Lipinski definition) is 2. The molecule has 0 spiro atoms. The van der Waals surface area contributed by atoms with E-state index in [2.05, 4.69) is 5.92 Å². The van der Waals surface area contributed by atoms with Crippen LogP contribution in [-0.2, 0) is 4.79 Å². The van der Waals surface area contributed by atoms with E-state index >= 15 is 0 Å². The summed E-state index contributed by atoms with van der Waals surface area (Å²) in [6.07, 6.45) is 10.5. The number of carbonyl (C=O) groups excluding carboxylic acids is 1. The maximum atomic E-state index is 11.7. The number of amides is 1. The number of nitrogens with two attached hydrogens (primary N) is 1. The fourth-order valence-electron chi connectivity index (χ4n) is 1.90. The average molecular weight is 208 g/mol. The summed E-state index contributed by atoms with van der Waals surface area (Å²) in [7, 11) is 0. The van der Waals surface area contributed by atoms with Crippen molar-refractivity contribution in [3.63, 3.8) is 0 Å². The zero-order valence-corrected chi connectivity index (χ0v) is 9.24. The van der Waals surface area contributed by atoms with Crippen molar-refractivity contribution in [3.05, 3.63) is 0 Å². The molecule has 0 aromatic rings. The lowest BCUT2D eigenvalue weighted by Crippen LogP contribution is -2.45. The highest BCUT2D eigenvalue weighted by atomic mass is 16.2. The maximum Gasteiger partial charge on any atom is 0.222 e. The van der Waals surface area contributed by atoms with Gasteiger partial charge in [0, 0.05) is 32.0 Å². The smallest absolute Gasteiger partial charge is 0.222 e. The Balaban J connectivity index is 2.18. The predicted molar refractivity (Wildman–Crippen MR) is 61.1 cm³/mol. The second kappa shape index (κ2) is 6.47. The van der Waals surface area contributed by atoms with Gasteiger partial charge in [0.1, 0.15) is 0 Å². The monoisotopic (exact) mass is 208 g/mol. The molecule has 1 saturated heterocycles. The Bertz CT molecular complexity index is 244. The first-order valence-electron chi connectivity index (χ1n) is 5.71. The number of nitrogens with zero attached hydrogens (tertiary/aromatic N) is 1. The van der Waals surface area contributed by atoms with Crippen molar-refractivity contribution in [1.82, 2.24) is 4.90 Å². The van der Waals surface area contributed by atoms with Gasteiger partial charge in [-0.1, -0.05) is 0 Å². The van der Waals surface area contributed by atoms with Gasteiger partial charge >= 0.3 is 0 Å². The Kier molecular flexibility index (Phi) is 5.20. The van der Waals surface area contributed by atoms with Crippen molar-refractivity contribution < 1.29 is 4.79 Å². The minimum Gasteiger partial charge on any atom is -0.341 e. The molecule has 0 aromatic heterocycles. The molecule has 0 aliphatic carbocycles. The van der Waals surface area contributed by atoms with Crippen molar-refractivity contribution >= 4 is 5.91 Å². The lowest BCUT2D eigenvalue weighted by molar-refractivity contribution is -0.132. The molecule has 3 nitrogen and oxygen atoms in total. The van der Waals surface area contributed by atoms with Gasteiger partial charge in [0.05, 0.1) is 0 Å². The first kappa shape index (κ1) is 12.1. The second-order valence-electron chi connectivity index (χ2n) is 4.15. The van der Waals surface area contributed by atoms with Gasteiger partial charge in [-0.2, -0.15) is 0 Å². The van der Waals surface area contributed by atoms with Gasteiger partial charge in [-0.3, -0.25) is 4.79 Å². The van der Waals surface area contributed by atoms with Crippen LogP contribution in [0.1, 0.15) is 38.5 Å². The Labute approximate surface area is 92.0 Å². The number of rotatable bonds is 4. The molecule has 0 aromatic carbocycles. The highest BCUT2D eigenvalue weighted by Gasteiger charge is 2.20. The van der Waals surface area contributed by atoms with E-state index in [9.17, 15) is 4.79 Å². The summed E-state index contributed by atoms with van der Waals surface area (Å²) < 4.78 is 0. The SMILES string of the molecule is C#CCCCCC(=O)N1CCC[C@@H](N)C1. The molecule has 1 aliphatic rings. The molecule has 0 unspecified atom stereocenters. The van der Waals surface area contributed by atoms with Crippen LogP contribution in [0.5, 0.6) is 0 Å². The Morgan fingerprint density at radius 3 is 3.00 bits per heavy atom. The van der Waals surface area contributed by atoms with E-state index in [1.165, 1.54) is 0 Å². The lowest BCUT2D eigenvalue weighted by Gasteiger charge is -2.30. The molecule has 84 valence electrons. The van der Waals surface area contributed by atoms with Crippen molar-refractivity contribution in [1.29, 1.82) is 0 Å². The van der Waals surface area contributed by atoms with Crippen molar-refractivity contribution in [3.8, 4) is 12.3 Å². The van der Waals surface area contributed by atoms with Crippen LogP contribution in [-0.4, -0.2) is 29.9 Å². The van der Waals surface area contributed by atoms with Crippen molar-refractivity contribution in [2.75, 3.05) is 13.1 Å². The largest absolute Gasteiger partial charge is 0.341 e. The van der Waals surface area contributed by atoms with E-state index in [4.69, 9.17) is 12.2 Å². The minimum atomic E-state index is 0.174. The van der Waals surface area contributed by atoms with Gasteiger partial charge < -0.3 is 10.6 Å². The van der Waals surface area contributed by atoms with Gasteiger partial charge in [0.25, 0.3) is 0 Å². The highest BCUT2D eigenvalue weighted by Crippen LogP contribution is 2.11. The van der Waals surface area contributed by atoms with Crippen LogP contribution in [0.4, 0.5) is 0 Å². The van der Waals surface area contributed by atoms with Crippen LogP contribution in [0.2, 0.25) is 0 Å². The Morgan fingerprint density at radius 1 is 1.53 bits per heavy atom. The molecular formula is C12H20N2O. The molecule has 1 heterocycles. The Hall–Kier alpha value is -1.01. The number of hydrogen-bond donors (Lipinski definition) is 1. The summed E-state index contributed by atoms with van der Waals surface area (Å²) in [6, 6.07) is 0.174. The molecule has 15 heavy (non-hydrogen) atoms. The topological polar surface area (TPSA) is 46.3 Å². The Morgan fingerprint density at radius 2 is 2.33 bits per heavy atom. The minimum absolute atomic E-state index is 0.174. The number of piperidine rings is 1. The molecule has 2 N–H and O–H groups in total. The van der Waals surface area contributed by atoms with Crippen LogP contribution >= 0.6 is 0 Å². The van der Waals surface area contributed by atoms with E-state index < -0.39 is 0 Å². The van der Waals surface area contributed by atoms with Gasteiger partial charge in [0.2, 0.25) is 5.91 Å². The molecule has 1 rings (SSSR count). The van der Waals surface area contributed by atoms with Gasteiger partial charge in [0.15, 0.2) is 0 Å². The second-order valence-corrected chi connectivity index (χ2v) is 4.15. The van der Waals surface area contributed by atoms with Gasteiger partial charge in [-0.25, -0.2) is 0 Å². The summed E-state index contributed by atoms with van der Waals surface area (Å²) in [5.74, 6) is 2.82. The molecule has 1 fully saturated rings. The van der Waals surface area contributed by atoms with Crippen LogP contribution in [0.15, 0.2) is 0 Å². The summed E-state index contributed by atoms with van der Waals surface area (Å²) in [4.78, 5) is 13.6. The van der Waals surface area contributed by atoms with Crippen LogP contribution in [0.25, 0.3) is 0 Å². The average Bonchev–Trinajstić information content (AvgIpc) is 2.24. The van der Waals surface area contributed by atoms with E-state index in [-0.39, 0.29) is 11.9 Å². The number of likely N-dealkylation sites (tertiary alicyclic amines) is 1. The molecular weight excluding hydrogens is 188 g/mol. The summed E-state index contributed by atoms with van der Waals surface area (Å²) in [5, 5.41) is 0. The van der Waals surface area contributed by atoms with E-state index in [1.807, 2.05) is 4.90 Å². The summed E-state index contributed by atoms with van der Waals surface area (Å²) >= 11 is 0. The quantitative estimate of drug-likeness (QED) is 0.556. The maximum absolute atomic E-state index is 11.7. The lowest BCUT2D eigenvalue weighted by atomic mass is 10.1. The van der Waals surface area contributed by atoms with E-state index in [1.54, 1.807) is 0 Å². The third-order valence-electron chi connectivity index (χ3n) is 2.77. The summed E-state index contributed by atoms with van der Waals surface area (Å²) in [6.45, 7) is 1.61. The molecule has 0 bridgehead atoms. The van der Waals surface area contributed by atoms with Gasteiger partial charge in [-0.15, -0.1) is 12.3 Å². The van der Waals surface area contributed by atoms with Crippen LogP contribution < -0.4 is 5.73 Å². The molecule has 1 aliphatic heterocycles. The fraction of sp³-hybridized carbons (Fsp3) is 0.750. The third-order valence-corrected chi connectivity index (χ3v) is 2.77. The standard InChI is InChI=1S/C12H20N2O/c1-2-3-4-5-8-12(15)14-9-6-7-11(13)10-14/h1,11H,3-10,13H2/t11-/m1/s1. The first-order chi connectivity index (χ1) is 7.24. The fourth-order valence-corrected chi connectivity index (χ4v) is 1.90. The first-order valence-corrected chi connectivity index (χ1v) is 5.71. The van der Waals surface area contributed by atoms with Crippen LogP contribution in [0.3, 0.4) is 0 Å². The molecule has 3 heteroatoms. The molecule has 1 atom stereocenters. The zero-order valence-electron chi connectivity index (χ0n) is 9.24. The van der Waals surface area contributed by atoms with E-state index in [0.29, 0.717) is 6.42 Å². The molecule has 1 amide bonds. The molecule has 0 radical (unpaired) electrons. The van der Waals surface area contributed by atoms with Gasteiger partial charge in [-0.05, 0) is 25.7 Å². The highest BCUT2D eigenvalue weighted by molar-refractivity contribution is 5.76. The number of terminal acetylenes is 1. The van der Waals surface area contributed by atoms with Crippen LogP contribution in [0, 0.1) is 12.3 Å².